The Kier molecular flexibility index (Phi) is 6.08. The van der Waals surface area contributed by atoms with E-state index in [1.54, 1.807) is 0 Å². The quantitative estimate of drug-likeness (QED) is 0.711. The van der Waals surface area contributed by atoms with Crippen molar-refractivity contribution in [2.24, 2.45) is 11.8 Å². The molecule has 2 fully saturated rings. The van der Waals surface area contributed by atoms with Gasteiger partial charge >= 0.3 is 11.9 Å². The molecule has 0 amide bonds. The summed E-state index contributed by atoms with van der Waals surface area (Å²) in [5.41, 5.74) is 1.02. The maximum atomic E-state index is 12.6. The lowest BCUT2D eigenvalue weighted by atomic mass is 9.96. The topological polar surface area (TPSA) is 55.8 Å². The SMILES string of the molecule is COC(=O)CC(Cc1ccccc1)C(=O)OCC1CCN2CCCC12. The Bertz CT molecular complexity index is 589. The minimum absolute atomic E-state index is 0.0600. The van der Waals surface area contributed by atoms with Crippen molar-refractivity contribution in [1.29, 1.82) is 0 Å². The van der Waals surface area contributed by atoms with E-state index in [1.165, 1.54) is 26.5 Å². The second kappa shape index (κ2) is 8.48. The predicted octanol–water partition coefficient (Wildman–Crippen LogP) is 2.44. The van der Waals surface area contributed by atoms with Gasteiger partial charge in [-0.05, 0) is 44.3 Å². The van der Waals surface area contributed by atoms with Crippen molar-refractivity contribution >= 4 is 11.9 Å². The molecule has 1 aromatic carbocycles. The Balaban J connectivity index is 1.57. The Morgan fingerprint density at radius 3 is 2.76 bits per heavy atom. The lowest BCUT2D eigenvalue weighted by Crippen LogP contribution is -2.30. The maximum Gasteiger partial charge on any atom is 0.309 e. The summed E-state index contributed by atoms with van der Waals surface area (Å²) in [6.07, 6.45) is 4.10. The van der Waals surface area contributed by atoms with E-state index in [-0.39, 0.29) is 18.4 Å². The van der Waals surface area contributed by atoms with Crippen LogP contribution < -0.4 is 0 Å². The highest BCUT2D eigenvalue weighted by atomic mass is 16.5. The summed E-state index contributed by atoms with van der Waals surface area (Å²) in [6, 6.07) is 10.3. The van der Waals surface area contributed by atoms with Crippen LogP contribution >= 0.6 is 0 Å². The van der Waals surface area contributed by atoms with Gasteiger partial charge in [-0.1, -0.05) is 30.3 Å². The normalized spacial score (nSPS) is 23.9. The van der Waals surface area contributed by atoms with Gasteiger partial charge in [0.1, 0.15) is 0 Å². The number of hydrogen-bond acceptors (Lipinski definition) is 5. The Morgan fingerprint density at radius 1 is 1.20 bits per heavy atom. The Labute approximate surface area is 149 Å². The molecule has 0 saturated carbocycles. The molecule has 0 spiro atoms. The van der Waals surface area contributed by atoms with E-state index in [0.29, 0.717) is 25.0 Å². The van der Waals surface area contributed by atoms with Crippen LogP contribution in [0.25, 0.3) is 0 Å². The Hall–Kier alpha value is -1.88. The van der Waals surface area contributed by atoms with E-state index in [4.69, 9.17) is 9.47 Å². The molecular weight excluding hydrogens is 318 g/mol. The van der Waals surface area contributed by atoms with E-state index in [2.05, 4.69) is 4.90 Å². The number of carbonyl (C=O) groups excluding carboxylic acids is 2. The summed E-state index contributed by atoms with van der Waals surface area (Å²) in [5, 5.41) is 0. The van der Waals surface area contributed by atoms with Gasteiger partial charge in [0.15, 0.2) is 0 Å². The number of esters is 2. The average molecular weight is 345 g/mol. The second-order valence-corrected chi connectivity index (χ2v) is 7.09. The minimum atomic E-state index is -0.490. The fourth-order valence-electron chi connectivity index (χ4n) is 4.11. The molecule has 0 aromatic heterocycles. The third-order valence-corrected chi connectivity index (χ3v) is 5.48. The molecule has 2 aliphatic rings. The third kappa shape index (κ3) is 4.60. The highest BCUT2D eigenvalue weighted by Gasteiger charge is 2.38. The van der Waals surface area contributed by atoms with Crippen LogP contribution in [0.1, 0.15) is 31.2 Å². The summed E-state index contributed by atoms with van der Waals surface area (Å²) < 4.78 is 10.4. The summed E-state index contributed by atoms with van der Waals surface area (Å²) in [4.78, 5) is 26.8. The van der Waals surface area contributed by atoms with Crippen LogP contribution in [0.15, 0.2) is 30.3 Å². The zero-order valence-electron chi connectivity index (χ0n) is 14.9. The molecule has 0 aliphatic carbocycles. The van der Waals surface area contributed by atoms with Gasteiger partial charge in [0.25, 0.3) is 0 Å². The highest BCUT2D eigenvalue weighted by Crippen LogP contribution is 2.33. The maximum absolute atomic E-state index is 12.6. The molecule has 2 heterocycles. The van der Waals surface area contributed by atoms with E-state index >= 15 is 0 Å². The van der Waals surface area contributed by atoms with Crippen molar-refractivity contribution in [3.05, 3.63) is 35.9 Å². The number of hydrogen-bond donors (Lipinski definition) is 0. The molecule has 0 bridgehead atoms. The van der Waals surface area contributed by atoms with E-state index in [0.717, 1.165) is 18.5 Å². The first-order valence-corrected chi connectivity index (χ1v) is 9.19. The molecule has 2 saturated heterocycles. The summed E-state index contributed by atoms with van der Waals surface area (Å²) in [6.45, 7) is 2.75. The van der Waals surface area contributed by atoms with Crippen molar-refractivity contribution in [2.45, 2.75) is 38.1 Å². The molecule has 0 radical (unpaired) electrons. The minimum Gasteiger partial charge on any atom is -0.469 e. The van der Waals surface area contributed by atoms with Crippen LogP contribution in [0.4, 0.5) is 0 Å². The number of benzene rings is 1. The molecule has 0 N–H and O–H groups in total. The van der Waals surface area contributed by atoms with Crippen LogP contribution in [0.3, 0.4) is 0 Å². The number of nitrogens with zero attached hydrogens (tertiary/aromatic N) is 1. The molecule has 25 heavy (non-hydrogen) atoms. The predicted molar refractivity (Wildman–Crippen MR) is 93.9 cm³/mol. The van der Waals surface area contributed by atoms with Gasteiger partial charge in [0, 0.05) is 12.0 Å². The van der Waals surface area contributed by atoms with Crippen molar-refractivity contribution in [1.82, 2.24) is 4.90 Å². The van der Waals surface area contributed by atoms with Crippen LogP contribution in [0.2, 0.25) is 0 Å². The van der Waals surface area contributed by atoms with E-state index in [9.17, 15) is 9.59 Å². The third-order valence-electron chi connectivity index (χ3n) is 5.48. The average Bonchev–Trinajstić information content (AvgIpc) is 3.24. The van der Waals surface area contributed by atoms with E-state index < -0.39 is 5.92 Å². The molecule has 5 nitrogen and oxygen atoms in total. The first-order chi connectivity index (χ1) is 12.2. The zero-order valence-corrected chi connectivity index (χ0v) is 14.9. The fraction of sp³-hybridized carbons (Fsp3) is 0.600. The van der Waals surface area contributed by atoms with Crippen LogP contribution in [0, 0.1) is 11.8 Å². The van der Waals surface area contributed by atoms with Crippen LogP contribution in [-0.2, 0) is 25.5 Å². The van der Waals surface area contributed by atoms with Crippen molar-refractivity contribution < 1.29 is 19.1 Å². The summed E-state index contributed by atoms with van der Waals surface area (Å²) in [7, 11) is 1.35. The van der Waals surface area contributed by atoms with Gasteiger partial charge in [-0.25, -0.2) is 0 Å². The molecule has 3 unspecified atom stereocenters. The Morgan fingerprint density at radius 2 is 2.00 bits per heavy atom. The molecular formula is C20H27NO4. The van der Waals surface area contributed by atoms with Gasteiger partial charge in [0.2, 0.25) is 0 Å². The van der Waals surface area contributed by atoms with Gasteiger partial charge in [-0.2, -0.15) is 0 Å². The lowest BCUT2D eigenvalue weighted by Gasteiger charge is -2.21. The number of methoxy groups -OCH3 is 1. The number of fused-ring (bicyclic) bond motifs is 1. The largest absolute Gasteiger partial charge is 0.469 e. The molecule has 3 rings (SSSR count). The van der Waals surface area contributed by atoms with Crippen molar-refractivity contribution in [3.63, 3.8) is 0 Å². The van der Waals surface area contributed by atoms with Gasteiger partial charge in [0.05, 0.1) is 26.1 Å². The first kappa shape index (κ1) is 17.9. The van der Waals surface area contributed by atoms with Crippen LogP contribution in [-0.4, -0.2) is 49.7 Å². The smallest absolute Gasteiger partial charge is 0.309 e. The molecule has 5 heteroatoms. The standard InChI is InChI=1S/C20H27NO4/c1-24-19(22)13-17(12-15-6-3-2-4-7-15)20(23)25-14-16-9-11-21-10-5-8-18(16)21/h2-4,6-7,16-18H,5,8-14H2,1H3. The van der Waals surface area contributed by atoms with Crippen molar-refractivity contribution in [3.8, 4) is 0 Å². The molecule has 3 atom stereocenters. The van der Waals surface area contributed by atoms with Crippen molar-refractivity contribution in [2.75, 3.05) is 26.8 Å². The molecule has 136 valence electrons. The monoisotopic (exact) mass is 345 g/mol. The second-order valence-electron chi connectivity index (χ2n) is 7.09. The number of ether oxygens (including phenoxy) is 2. The number of rotatable bonds is 7. The molecule has 2 aliphatic heterocycles. The first-order valence-electron chi connectivity index (χ1n) is 9.19. The van der Waals surface area contributed by atoms with Gasteiger partial charge in [-0.15, -0.1) is 0 Å². The number of carbonyl (C=O) groups is 2. The van der Waals surface area contributed by atoms with Gasteiger partial charge in [-0.3, -0.25) is 14.5 Å². The van der Waals surface area contributed by atoms with E-state index in [1.807, 2.05) is 30.3 Å². The summed E-state index contributed by atoms with van der Waals surface area (Å²) in [5.74, 6) is -0.718. The van der Waals surface area contributed by atoms with Gasteiger partial charge < -0.3 is 9.47 Å². The fourth-order valence-corrected chi connectivity index (χ4v) is 4.11. The summed E-state index contributed by atoms with van der Waals surface area (Å²) >= 11 is 0. The van der Waals surface area contributed by atoms with Crippen LogP contribution in [0.5, 0.6) is 0 Å². The molecule has 1 aromatic rings. The lowest BCUT2D eigenvalue weighted by molar-refractivity contribution is -0.155. The zero-order chi connectivity index (χ0) is 17.6. The highest BCUT2D eigenvalue weighted by molar-refractivity contribution is 5.80.